The molecule has 1 amide bonds. The van der Waals surface area contributed by atoms with E-state index in [1.807, 2.05) is 13.0 Å². The molecule has 6 nitrogen and oxygen atoms in total. The number of nitrogens with zero attached hydrogens (tertiary/aromatic N) is 2. The largest absolute Gasteiger partial charge is 0.348 e. The van der Waals surface area contributed by atoms with E-state index in [2.05, 4.69) is 15.3 Å². The van der Waals surface area contributed by atoms with E-state index in [0.29, 0.717) is 28.6 Å². The molecule has 0 radical (unpaired) electrons. The molecular formula is C20H20FN5O. The van der Waals surface area contributed by atoms with Crippen molar-refractivity contribution in [2.24, 2.45) is 5.92 Å². The SMILES string of the molecule is C/C(=C/C(=N)c1ccc(F)cc1C#N)c1ncc(C(=O)NC(C)C2CC2)[nH]1. The summed E-state index contributed by atoms with van der Waals surface area (Å²) in [6, 6.07) is 5.75. The van der Waals surface area contributed by atoms with Gasteiger partial charge >= 0.3 is 0 Å². The van der Waals surface area contributed by atoms with Crippen LogP contribution in [0.15, 0.2) is 30.5 Å². The van der Waals surface area contributed by atoms with Crippen LogP contribution in [0.3, 0.4) is 0 Å². The number of hydrogen-bond donors (Lipinski definition) is 3. The molecule has 1 atom stereocenters. The van der Waals surface area contributed by atoms with Crippen LogP contribution in [0.4, 0.5) is 4.39 Å². The fraction of sp³-hybridized carbons (Fsp3) is 0.300. The summed E-state index contributed by atoms with van der Waals surface area (Å²) in [6.45, 7) is 3.74. The highest BCUT2D eigenvalue weighted by atomic mass is 19.1. The lowest BCUT2D eigenvalue weighted by Gasteiger charge is -2.11. The van der Waals surface area contributed by atoms with Crippen molar-refractivity contribution >= 4 is 17.2 Å². The van der Waals surface area contributed by atoms with Gasteiger partial charge in [0.2, 0.25) is 0 Å². The van der Waals surface area contributed by atoms with Crippen LogP contribution in [0.25, 0.3) is 5.57 Å². The first-order chi connectivity index (χ1) is 12.9. The summed E-state index contributed by atoms with van der Waals surface area (Å²) in [6.07, 6.45) is 5.28. The average Bonchev–Trinajstić information content (AvgIpc) is 3.37. The summed E-state index contributed by atoms with van der Waals surface area (Å²) in [5.74, 6) is 0.292. The van der Waals surface area contributed by atoms with Gasteiger partial charge in [-0.2, -0.15) is 5.26 Å². The van der Waals surface area contributed by atoms with Crippen LogP contribution >= 0.6 is 0 Å². The number of benzene rings is 1. The lowest BCUT2D eigenvalue weighted by molar-refractivity contribution is 0.0931. The van der Waals surface area contributed by atoms with E-state index in [-0.39, 0.29) is 23.2 Å². The molecule has 0 saturated heterocycles. The van der Waals surface area contributed by atoms with Crippen molar-refractivity contribution in [2.75, 3.05) is 0 Å². The third-order valence-corrected chi connectivity index (χ3v) is 4.63. The number of allylic oxidation sites excluding steroid dienone is 2. The van der Waals surface area contributed by atoms with E-state index in [9.17, 15) is 9.18 Å². The van der Waals surface area contributed by atoms with E-state index in [0.717, 1.165) is 18.9 Å². The van der Waals surface area contributed by atoms with Crippen molar-refractivity contribution in [3.63, 3.8) is 0 Å². The number of carbonyl (C=O) groups excluding carboxylic acids is 1. The first kappa shape index (κ1) is 18.5. The lowest BCUT2D eigenvalue weighted by Crippen LogP contribution is -2.34. The maximum atomic E-state index is 13.3. The monoisotopic (exact) mass is 365 g/mol. The van der Waals surface area contributed by atoms with Gasteiger partial charge in [0, 0.05) is 11.6 Å². The number of imidazole rings is 1. The van der Waals surface area contributed by atoms with Crippen LogP contribution in [0.5, 0.6) is 0 Å². The Morgan fingerprint density at radius 2 is 2.26 bits per heavy atom. The summed E-state index contributed by atoms with van der Waals surface area (Å²) in [5, 5.41) is 20.3. The number of rotatable bonds is 6. The van der Waals surface area contributed by atoms with E-state index in [1.54, 1.807) is 6.92 Å². The summed E-state index contributed by atoms with van der Waals surface area (Å²) in [7, 11) is 0. The van der Waals surface area contributed by atoms with Crippen molar-refractivity contribution in [2.45, 2.75) is 32.7 Å². The molecular weight excluding hydrogens is 345 g/mol. The molecule has 1 unspecified atom stereocenters. The molecule has 2 aromatic rings. The fourth-order valence-electron chi connectivity index (χ4n) is 2.84. The first-order valence-electron chi connectivity index (χ1n) is 8.72. The maximum Gasteiger partial charge on any atom is 0.269 e. The predicted molar refractivity (Wildman–Crippen MR) is 99.8 cm³/mol. The molecule has 1 aliphatic carbocycles. The molecule has 0 spiro atoms. The Morgan fingerprint density at radius 1 is 1.52 bits per heavy atom. The Hall–Kier alpha value is -3.27. The zero-order valence-corrected chi connectivity index (χ0v) is 15.1. The smallest absolute Gasteiger partial charge is 0.269 e. The van der Waals surface area contributed by atoms with E-state index in [1.165, 1.54) is 24.4 Å². The molecule has 7 heteroatoms. The normalized spacial score (nSPS) is 15.1. The van der Waals surface area contributed by atoms with E-state index < -0.39 is 5.82 Å². The second-order valence-electron chi connectivity index (χ2n) is 6.79. The molecule has 1 heterocycles. The zero-order chi connectivity index (χ0) is 19.6. The van der Waals surface area contributed by atoms with Gasteiger partial charge in [-0.3, -0.25) is 4.79 Å². The summed E-state index contributed by atoms with van der Waals surface area (Å²) in [5.41, 5.74) is 1.48. The highest BCUT2D eigenvalue weighted by molar-refractivity contribution is 6.11. The third-order valence-electron chi connectivity index (χ3n) is 4.63. The molecule has 0 aliphatic heterocycles. The van der Waals surface area contributed by atoms with Crippen molar-refractivity contribution in [1.29, 1.82) is 10.7 Å². The van der Waals surface area contributed by atoms with E-state index >= 15 is 0 Å². The highest BCUT2D eigenvalue weighted by Crippen LogP contribution is 2.32. The van der Waals surface area contributed by atoms with Gasteiger partial charge in [0.1, 0.15) is 17.3 Å². The number of H-pyrrole nitrogens is 1. The van der Waals surface area contributed by atoms with Gasteiger partial charge < -0.3 is 15.7 Å². The van der Waals surface area contributed by atoms with Gasteiger partial charge in [0.25, 0.3) is 5.91 Å². The molecule has 138 valence electrons. The number of nitrogens with one attached hydrogen (secondary N) is 3. The molecule has 0 bridgehead atoms. The van der Waals surface area contributed by atoms with Crippen molar-refractivity contribution in [1.82, 2.24) is 15.3 Å². The van der Waals surface area contributed by atoms with Gasteiger partial charge in [-0.1, -0.05) is 0 Å². The Bertz CT molecular complexity index is 965. The van der Waals surface area contributed by atoms with Crippen LogP contribution < -0.4 is 5.32 Å². The molecule has 1 aliphatic rings. The summed E-state index contributed by atoms with van der Waals surface area (Å²) in [4.78, 5) is 19.4. The molecule has 3 N–H and O–H groups in total. The number of aromatic nitrogens is 2. The number of carbonyl (C=O) groups is 1. The lowest BCUT2D eigenvalue weighted by atomic mass is 10.0. The fourth-order valence-corrected chi connectivity index (χ4v) is 2.84. The number of aromatic amines is 1. The number of halogens is 1. The van der Waals surface area contributed by atoms with Gasteiger partial charge in [-0.15, -0.1) is 0 Å². The Balaban J connectivity index is 1.75. The number of hydrogen-bond acceptors (Lipinski definition) is 4. The van der Waals surface area contributed by atoms with Crippen molar-refractivity contribution < 1.29 is 9.18 Å². The van der Waals surface area contributed by atoms with Gasteiger partial charge in [0.05, 0.1) is 23.5 Å². The van der Waals surface area contributed by atoms with Gasteiger partial charge in [-0.25, -0.2) is 9.37 Å². The molecule has 1 aromatic carbocycles. The van der Waals surface area contributed by atoms with Crippen LogP contribution in [-0.4, -0.2) is 27.6 Å². The molecule has 3 rings (SSSR count). The highest BCUT2D eigenvalue weighted by Gasteiger charge is 2.29. The Kier molecular flexibility index (Phi) is 5.17. The quantitative estimate of drug-likeness (QED) is 0.683. The molecule has 1 fully saturated rings. The van der Waals surface area contributed by atoms with Crippen molar-refractivity contribution in [3.8, 4) is 6.07 Å². The summed E-state index contributed by atoms with van der Waals surface area (Å²) >= 11 is 0. The van der Waals surface area contributed by atoms with Crippen LogP contribution in [-0.2, 0) is 0 Å². The maximum absolute atomic E-state index is 13.3. The van der Waals surface area contributed by atoms with Crippen LogP contribution in [0.2, 0.25) is 0 Å². The minimum Gasteiger partial charge on any atom is -0.348 e. The third kappa shape index (κ3) is 4.29. The van der Waals surface area contributed by atoms with Gasteiger partial charge in [0.15, 0.2) is 0 Å². The van der Waals surface area contributed by atoms with Gasteiger partial charge in [-0.05, 0) is 62.5 Å². The Labute approximate surface area is 156 Å². The van der Waals surface area contributed by atoms with Crippen LogP contribution in [0, 0.1) is 28.5 Å². The zero-order valence-electron chi connectivity index (χ0n) is 15.1. The number of nitriles is 1. The number of amides is 1. The summed E-state index contributed by atoms with van der Waals surface area (Å²) < 4.78 is 13.3. The standard InChI is InChI=1S/C20H20FN5O/c1-11(7-17(23)16-6-5-15(21)8-14(16)9-22)19-24-10-18(26-19)20(27)25-12(2)13-3-4-13/h5-8,10,12-13,23H,3-4H2,1-2H3,(H,24,26)(H,25,27)/b11-7-,23-17?. The molecule has 27 heavy (non-hydrogen) atoms. The molecule has 1 saturated carbocycles. The van der Waals surface area contributed by atoms with E-state index in [4.69, 9.17) is 10.7 Å². The topological polar surface area (TPSA) is 105 Å². The second-order valence-corrected chi connectivity index (χ2v) is 6.79. The minimum absolute atomic E-state index is 0.0637. The average molecular weight is 365 g/mol. The minimum atomic E-state index is -0.522. The van der Waals surface area contributed by atoms with Crippen LogP contribution in [0.1, 0.15) is 54.1 Å². The second kappa shape index (κ2) is 7.54. The van der Waals surface area contributed by atoms with Crippen molar-refractivity contribution in [3.05, 3.63) is 58.9 Å². The predicted octanol–water partition coefficient (Wildman–Crippen LogP) is 3.42. The Morgan fingerprint density at radius 3 is 2.93 bits per heavy atom. The molecule has 1 aromatic heterocycles. The first-order valence-corrected chi connectivity index (χ1v) is 8.72.